The molecule has 2 aromatic carbocycles. The Labute approximate surface area is 150 Å². The van der Waals surface area contributed by atoms with E-state index >= 15 is 0 Å². The highest BCUT2D eigenvalue weighted by Gasteiger charge is 2.20. The third kappa shape index (κ3) is 3.23. The summed E-state index contributed by atoms with van der Waals surface area (Å²) in [5.41, 5.74) is 10.1. The van der Waals surface area contributed by atoms with Crippen molar-refractivity contribution in [1.82, 2.24) is 9.97 Å². The molecule has 3 aromatic rings. The van der Waals surface area contributed by atoms with E-state index < -0.39 is 5.97 Å². The van der Waals surface area contributed by atoms with Crippen LogP contribution in [0.3, 0.4) is 0 Å². The van der Waals surface area contributed by atoms with E-state index in [4.69, 9.17) is 15.7 Å². The van der Waals surface area contributed by atoms with Gasteiger partial charge in [-0.1, -0.05) is 42.0 Å². The molecule has 0 aliphatic heterocycles. The molecule has 3 rings (SSSR count). The van der Waals surface area contributed by atoms with Crippen LogP contribution in [0, 0.1) is 18.3 Å². The number of rotatable bonds is 3. The van der Waals surface area contributed by atoms with Crippen molar-refractivity contribution in [3.05, 3.63) is 65.4 Å². The summed E-state index contributed by atoms with van der Waals surface area (Å²) in [6.07, 6.45) is 0. The second-order valence-corrected chi connectivity index (χ2v) is 5.70. The van der Waals surface area contributed by atoms with Gasteiger partial charge in [0, 0.05) is 11.1 Å². The molecular formula is C20H16N4O2. The third-order valence-electron chi connectivity index (χ3n) is 3.91. The Kier molecular flexibility index (Phi) is 4.63. The number of aromatic nitrogens is 2. The zero-order chi connectivity index (χ0) is 18.7. The zero-order valence-corrected chi connectivity index (χ0v) is 14.4. The van der Waals surface area contributed by atoms with Gasteiger partial charge >= 0.3 is 5.97 Å². The van der Waals surface area contributed by atoms with Crippen molar-refractivity contribution in [3.63, 3.8) is 0 Å². The van der Waals surface area contributed by atoms with Crippen LogP contribution in [0.5, 0.6) is 0 Å². The first kappa shape index (κ1) is 17.1. The van der Waals surface area contributed by atoms with Gasteiger partial charge in [0.15, 0.2) is 11.5 Å². The fourth-order valence-corrected chi connectivity index (χ4v) is 2.51. The highest BCUT2D eigenvalue weighted by molar-refractivity contribution is 5.94. The second-order valence-electron chi connectivity index (χ2n) is 5.70. The minimum atomic E-state index is -0.652. The van der Waals surface area contributed by atoms with Crippen LogP contribution in [-0.2, 0) is 4.74 Å². The molecule has 1 heterocycles. The minimum Gasteiger partial charge on any atom is -0.464 e. The molecule has 1 aromatic heterocycles. The molecule has 0 fully saturated rings. The number of esters is 1. The Balaban J connectivity index is 2.24. The van der Waals surface area contributed by atoms with Gasteiger partial charge < -0.3 is 10.5 Å². The van der Waals surface area contributed by atoms with Crippen LogP contribution in [-0.4, -0.2) is 23.0 Å². The number of carbonyl (C=O) groups excluding carboxylic acids is 1. The SMILES string of the molecule is COC(=O)c1nc(-c2ccc(C#N)cc2)c(-c2ccc(C)cc2)nc1N. The number of methoxy groups -OCH3 is 1. The minimum absolute atomic E-state index is 0.00446. The van der Waals surface area contributed by atoms with Gasteiger partial charge in [0.2, 0.25) is 0 Å². The van der Waals surface area contributed by atoms with Crippen LogP contribution < -0.4 is 5.73 Å². The number of nitrogen functional groups attached to an aromatic ring is 1. The van der Waals surface area contributed by atoms with Gasteiger partial charge in [0.1, 0.15) is 0 Å². The molecule has 2 N–H and O–H groups in total. The predicted molar refractivity (Wildman–Crippen MR) is 98.1 cm³/mol. The Hall–Kier alpha value is -3.72. The molecule has 0 spiro atoms. The maximum atomic E-state index is 12.0. The van der Waals surface area contributed by atoms with Gasteiger partial charge in [-0.3, -0.25) is 0 Å². The largest absolute Gasteiger partial charge is 0.464 e. The zero-order valence-electron chi connectivity index (χ0n) is 14.4. The topological polar surface area (TPSA) is 102 Å². The van der Waals surface area contributed by atoms with E-state index in [0.29, 0.717) is 17.0 Å². The average molecular weight is 344 g/mol. The van der Waals surface area contributed by atoms with Crippen LogP contribution in [0.4, 0.5) is 5.82 Å². The fourth-order valence-electron chi connectivity index (χ4n) is 2.51. The van der Waals surface area contributed by atoms with Crippen LogP contribution in [0.2, 0.25) is 0 Å². The molecule has 0 atom stereocenters. The predicted octanol–water partition coefficient (Wildman–Crippen LogP) is 3.36. The summed E-state index contributed by atoms with van der Waals surface area (Å²) in [6, 6.07) is 16.7. The number of nitrogens with two attached hydrogens (primary N) is 1. The molecule has 0 bridgehead atoms. The van der Waals surface area contributed by atoms with E-state index in [-0.39, 0.29) is 11.5 Å². The maximum Gasteiger partial charge on any atom is 0.360 e. The number of aryl methyl sites for hydroxylation is 1. The molecule has 26 heavy (non-hydrogen) atoms. The Bertz CT molecular complexity index is 1000. The van der Waals surface area contributed by atoms with E-state index in [0.717, 1.165) is 16.7 Å². The molecule has 0 saturated carbocycles. The van der Waals surface area contributed by atoms with Gasteiger partial charge in [-0.05, 0) is 19.1 Å². The second kappa shape index (κ2) is 7.03. The lowest BCUT2D eigenvalue weighted by Gasteiger charge is -2.12. The molecule has 128 valence electrons. The molecule has 0 aliphatic carbocycles. The number of carbonyl (C=O) groups is 1. The van der Waals surface area contributed by atoms with E-state index in [1.807, 2.05) is 31.2 Å². The standard InChI is InChI=1S/C20H16N4O2/c1-12-3-7-14(8-4-12)17-16(15-9-5-13(11-21)6-10-15)23-18(19(22)24-17)20(25)26-2/h3-10H,1-2H3,(H2,22,24). The van der Waals surface area contributed by atoms with Crippen molar-refractivity contribution in [1.29, 1.82) is 5.26 Å². The van der Waals surface area contributed by atoms with Crippen LogP contribution in [0.25, 0.3) is 22.5 Å². The number of benzene rings is 2. The molecule has 0 saturated heterocycles. The summed E-state index contributed by atoms with van der Waals surface area (Å²) in [6.45, 7) is 1.99. The lowest BCUT2D eigenvalue weighted by molar-refractivity contribution is 0.0595. The first-order chi connectivity index (χ1) is 12.5. The molecule has 0 amide bonds. The maximum absolute atomic E-state index is 12.0. The average Bonchev–Trinajstić information content (AvgIpc) is 2.68. The quantitative estimate of drug-likeness (QED) is 0.731. The Morgan fingerprint density at radius 1 is 1.00 bits per heavy atom. The molecule has 6 heteroatoms. The van der Waals surface area contributed by atoms with Gasteiger partial charge in [-0.15, -0.1) is 0 Å². The number of hydrogen-bond acceptors (Lipinski definition) is 6. The molecule has 6 nitrogen and oxygen atoms in total. The summed E-state index contributed by atoms with van der Waals surface area (Å²) in [5.74, 6) is -0.648. The highest BCUT2D eigenvalue weighted by atomic mass is 16.5. The van der Waals surface area contributed by atoms with Crippen molar-refractivity contribution in [2.45, 2.75) is 6.92 Å². The molecule has 0 radical (unpaired) electrons. The van der Waals surface area contributed by atoms with E-state index in [1.54, 1.807) is 24.3 Å². The Morgan fingerprint density at radius 3 is 2.08 bits per heavy atom. The highest BCUT2D eigenvalue weighted by Crippen LogP contribution is 2.31. The van der Waals surface area contributed by atoms with Gasteiger partial charge in [-0.2, -0.15) is 5.26 Å². The van der Waals surface area contributed by atoms with Crippen molar-refractivity contribution >= 4 is 11.8 Å². The van der Waals surface area contributed by atoms with Gasteiger partial charge in [-0.25, -0.2) is 14.8 Å². The number of anilines is 1. The third-order valence-corrected chi connectivity index (χ3v) is 3.91. The summed E-state index contributed by atoms with van der Waals surface area (Å²) >= 11 is 0. The lowest BCUT2D eigenvalue weighted by Crippen LogP contribution is -2.12. The number of nitrogens with zero attached hydrogens (tertiary/aromatic N) is 3. The van der Waals surface area contributed by atoms with Crippen LogP contribution in [0.15, 0.2) is 48.5 Å². The number of ether oxygens (including phenoxy) is 1. The normalized spacial score (nSPS) is 10.2. The Morgan fingerprint density at radius 2 is 1.54 bits per heavy atom. The van der Waals surface area contributed by atoms with Gasteiger partial charge in [0.05, 0.1) is 30.1 Å². The summed E-state index contributed by atoms with van der Waals surface area (Å²) in [5, 5.41) is 8.99. The van der Waals surface area contributed by atoms with Crippen molar-refractivity contribution < 1.29 is 9.53 Å². The van der Waals surface area contributed by atoms with Crippen molar-refractivity contribution in [2.24, 2.45) is 0 Å². The monoisotopic (exact) mass is 344 g/mol. The lowest BCUT2D eigenvalue weighted by atomic mass is 10.0. The van der Waals surface area contributed by atoms with E-state index in [9.17, 15) is 4.79 Å². The summed E-state index contributed by atoms with van der Waals surface area (Å²) < 4.78 is 4.74. The van der Waals surface area contributed by atoms with Crippen molar-refractivity contribution in [3.8, 4) is 28.6 Å². The molecular weight excluding hydrogens is 328 g/mol. The first-order valence-electron chi connectivity index (χ1n) is 7.87. The van der Waals surface area contributed by atoms with Crippen LogP contribution >= 0.6 is 0 Å². The smallest absolute Gasteiger partial charge is 0.360 e. The fraction of sp³-hybridized carbons (Fsp3) is 0.100. The number of nitriles is 1. The summed E-state index contributed by atoms with van der Waals surface area (Å²) in [4.78, 5) is 20.8. The first-order valence-corrected chi connectivity index (χ1v) is 7.87. The van der Waals surface area contributed by atoms with E-state index in [1.165, 1.54) is 7.11 Å². The molecule has 0 aliphatic rings. The van der Waals surface area contributed by atoms with Gasteiger partial charge in [0.25, 0.3) is 0 Å². The van der Waals surface area contributed by atoms with E-state index in [2.05, 4.69) is 16.0 Å². The number of hydrogen-bond donors (Lipinski definition) is 1. The summed E-state index contributed by atoms with van der Waals surface area (Å²) in [7, 11) is 1.26. The molecule has 0 unspecified atom stereocenters. The van der Waals surface area contributed by atoms with Crippen LogP contribution in [0.1, 0.15) is 21.6 Å². The van der Waals surface area contributed by atoms with Crippen molar-refractivity contribution in [2.75, 3.05) is 12.8 Å².